The summed E-state index contributed by atoms with van der Waals surface area (Å²) in [7, 11) is 1.79. The zero-order valence-corrected chi connectivity index (χ0v) is 13.7. The molecule has 142 valence electrons. The molecule has 0 aromatic heterocycles. The van der Waals surface area contributed by atoms with Crippen molar-refractivity contribution < 1.29 is 34.0 Å². The van der Waals surface area contributed by atoms with Crippen LogP contribution in [0.1, 0.15) is 0 Å². The van der Waals surface area contributed by atoms with E-state index in [1.807, 2.05) is 6.07 Å². The Morgan fingerprint density at radius 2 is 2.32 bits per heavy atom. The summed E-state index contributed by atoms with van der Waals surface area (Å²) in [5.74, 6) is 5.12. The largest absolute Gasteiger partial charge is 0.374 e. The molecule has 14 nitrogen and oxygen atoms in total. The molecule has 3 aliphatic rings. The van der Waals surface area contributed by atoms with Crippen LogP contribution < -0.4 is 11.2 Å². The number of rotatable bonds is 7. The van der Waals surface area contributed by atoms with Gasteiger partial charge in [-0.25, -0.2) is 4.84 Å². The van der Waals surface area contributed by atoms with Gasteiger partial charge in [0.1, 0.15) is 31.0 Å². The Labute approximate surface area is 143 Å². The van der Waals surface area contributed by atoms with Crippen LogP contribution in [0.15, 0.2) is 0 Å². The molecule has 0 bridgehead atoms. The lowest BCUT2D eigenvalue weighted by molar-refractivity contribution is -0.750. The number of morpholine rings is 1. The highest BCUT2D eigenvalue weighted by Gasteiger charge is 2.62. The molecule has 25 heavy (non-hydrogen) atoms. The average Bonchev–Trinajstić information content (AvgIpc) is 2.81. The van der Waals surface area contributed by atoms with E-state index in [1.54, 1.807) is 11.9 Å². The van der Waals surface area contributed by atoms with Crippen LogP contribution in [0, 0.1) is 11.3 Å². The third-order valence-corrected chi connectivity index (χ3v) is 3.66. The highest BCUT2D eigenvalue weighted by molar-refractivity contribution is 5.04. The van der Waals surface area contributed by atoms with Crippen LogP contribution in [-0.2, 0) is 34.0 Å². The maximum atomic E-state index is 9.42. The van der Waals surface area contributed by atoms with Gasteiger partial charge in [-0.3, -0.25) is 9.74 Å². The number of nitriles is 1. The van der Waals surface area contributed by atoms with Crippen molar-refractivity contribution in [2.24, 2.45) is 5.90 Å². The Bertz CT molecular complexity index is 476. The molecule has 14 heteroatoms. The first-order valence-electron chi connectivity index (χ1n) is 7.60. The van der Waals surface area contributed by atoms with E-state index in [2.05, 4.69) is 10.3 Å². The quantitative estimate of drug-likeness (QED) is 0.359. The molecular weight excluding hydrogens is 342 g/mol. The maximum Gasteiger partial charge on any atom is 0.288 e. The van der Waals surface area contributed by atoms with Gasteiger partial charge in [-0.15, -0.1) is 9.88 Å². The molecular formula is C11H21N7O7. The molecule has 0 aromatic carbocycles. The molecule has 3 heterocycles. The lowest BCUT2D eigenvalue weighted by Crippen LogP contribution is -2.73. The van der Waals surface area contributed by atoms with Crippen molar-refractivity contribution in [1.82, 2.24) is 26.1 Å². The van der Waals surface area contributed by atoms with Gasteiger partial charge in [-0.2, -0.15) is 16.1 Å². The number of nitrogens with zero attached hydrogens (tertiary/aromatic N) is 5. The van der Waals surface area contributed by atoms with Gasteiger partial charge in [-0.05, 0) is 12.3 Å². The first-order valence-corrected chi connectivity index (χ1v) is 7.60. The minimum absolute atomic E-state index is 0.0354. The first kappa shape index (κ1) is 18.8. The summed E-state index contributed by atoms with van der Waals surface area (Å²) in [6, 6.07) is 1.99. The number of hydroxylamine groups is 4. The summed E-state index contributed by atoms with van der Waals surface area (Å²) in [6.45, 7) is 2.61. The zero-order chi connectivity index (χ0) is 17.7. The smallest absolute Gasteiger partial charge is 0.288 e. The van der Waals surface area contributed by atoms with Crippen molar-refractivity contribution in [2.45, 2.75) is 11.9 Å². The van der Waals surface area contributed by atoms with Crippen LogP contribution in [-0.4, -0.2) is 85.9 Å². The van der Waals surface area contributed by atoms with E-state index in [4.69, 9.17) is 34.9 Å². The molecule has 0 aromatic rings. The van der Waals surface area contributed by atoms with Crippen molar-refractivity contribution in [3.63, 3.8) is 0 Å². The van der Waals surface area contributed by atoms with Crippen LogP contribution in [0.5, 0.6) is 0 Å². The highest BCUT2D eigenvalue weighted by Crippen LogP contribution is 2.35. The number of fused-ring (bicyclic) bond motifs is 1. The lowest BCUT2D eigenvalue weighted by atomic mass is 10.2. The van der Waals surface area contributed by atoms with Gasteiger partial charge in [0.25, 0.3) is 5.66 Å². The summed E-state index contributed by atoms with van der Waals surface area (Å²) < 4.78 is 10.9. The molecule has 2 unspecified atom stereocenters. The third-order valence-electron chi connectivity index (χ3n) is 3.66. The van der Waals surface area contributed by atoms with Gasteiger partial charge in [0.2, 0.25) is 0 Å². The summed E-state index contributed by atoms with van der Waals surface area (Å²) >= 11 is 0. The number of hydrogen-bond donors (Lipinski definition) is 2. The minimum Gasteiger partial charge on any atom is -0.374 e. The summed E-state index contributed by atoms with van der Waals surface area (Å²) in [5, 5.41) is 14.9. The standard InChI is InChI=1S/C11H21N7O7/c1-15(10-6-14-2-3-20-10)9-22-18(23-13)25-17-11(7-12)8-19-4-5-21-16(11)24-17/h10,14H,2-6,8-9,13H2,1H3. The predicted octanol–water partition coefficient (Wildman–Crippen LogP) is -2.65. The lowest BCUT2D eigenvalue weighted by Gasteiger charge is -2.48. The number of likely N-dealkylation sites (N-methyl/N-ethyl adjacent to an activating group) is 1. The molecule has 2 atom stereocenters. The average molecular weight is 363 g/mol. The Morgan fingerprint density at radius 3 is 3.04 bits per heavy atom. The summed E-state index contributed by atoms with van der Waals surface area (Å²) in [4.78, 5) is 26.9. The van der Waals surface area contributed by atoms with Crippen molar-refractivity contribution in [3.05, 3.63) is 0 Å². The molecule has 3 saturated heterocycles. The fourth-order valence-electron chi connectivity index (χ4n) is 2.25. The van der Waals surface area contributed by atoms with Gasteiger partial charge >= 0.3 is 0 Å². The van der Waals surface area contributed by atoms with Gasteiger partial charge in [0, 0.05) is 18.3 Å². The Morgan fingerprint density at radius 1 is 1.44 bits per heavy atom. The molecule has 3 fully saturated rings. The van der Waals surface area contributed by atoms with Gasteiger partial charge in [0.05, 0.1) is 19.8 Å². The number of nitrogens with two attached hydrogens (primary N) is 1. The molecule has 0 spiro atoms. The van der Waals surface area contributed by atoms with E-state index in [-0.39, 0.29) is 26.2 Å². The normalized spacial score (nSPS) is 31.4. The van der Waals surface area contributed by atoms with E-state index in [0.29, 0.717) is 25.1 Å². The molecule has 0 aliphatic carbocycles. The van der Waals surface area contributed by atoms with Crippen molar-refractivity contribution in [3.8, 4) is 6.07 Å². The monoisotopic (exact) mass is 363 g/mol. The number of nitrogens with one attached hydrogen (secondary N) is 1. The van der Waals surface area contributed by atoms with Crippen molar-refractivity contribution in [1.29, 1.82) is 5.26 Å². The minimum atomic E-state index is -1.45. The van der Waals surface area contributed by atoms with Crippen LogP contribution >= 0.6 is 0 Å². The van der Waals surface area contributed by atoms with Crippen LogP contribution in [0.2, 0.25) is 0 Å². The Balaban J connectivity index is 1.49. The third kappa shape index (κ3) is 4.05. The highest BCUT2D eigenvalue weighted by atomic mass is 17.3. The van der Waals surface area contributed by atoms with Gasteiger partial charge in [-0.1, -0.05) is 0 Å². The second-order valence-corrected chi connectivity index (χ2v) is 5.37. The van der Waals surface area contributed by atoms with Crippen LogP contribution in [0.4, 0.5) is 0 Å². The summed E-state index contributed by atoms with van der Waals surface area (Å²) in [5.41, 5.74) is -1.45. The molecule has 3 N–H and O–H groups in total. The molecule has 3 aliphatic heterocycles. The fraction of sp³-hybridized carbons (Fsp3) is 0.909. The molecule has 0 amide bonds. The second kappa shape index (κ2) is 8.57. The SMILES string of the molecule is CN(CON(ON)ON1ON2OCCOCC21C#N)C1CNCCO1. The van der Waals surface area contributed by atoms with E-state index < -0.39 is 5.66 Å². The van der Waals surface area contributed by atoms with Gasteiger partial charge in [0.15, 0.2) is 0 Å². The molecule has 0 saturated carbocycles. The zero-order valence-electron chi connectivity index (χ0n) is 13.7. The van der Waals surface area contributed by atoms with E-state index >= 15 is 0 Å². The van der Waals surface area contributed by atoms with Crippen molar-refractivity contribution >= 4 is 0 Å². The Kier molecular flexibility index (Phi) is 6.43. The molecule has 0 radical (unpaired) electrons. The van der Waals surface area contributed by atoms with Gasteiger partial charge < -0.3 is 14.8 Å². The fourth-order valence-corrected chi connectivity index (χ4v) is 2.25. The first-order chi connectivity index (χ1) is 12.2. The number of ether oxygens (including phenoxy) is 2. The van der Waals surface area contributed by atoms with Crippen LogP contribution in [0.25, 0.3) is 0 Å². The van der Waals surface area contributed by atoms with Crippen molar-refractivity contribution in [2.75, 3.05) is 53.3 Å². The van der Waals surface area contributed by atoms with E-state index in [1.165, 1.54) is 0 Å². The van der Waals surface area contributed by atoms with E-state index in [9.17, 15) is 5.26 Å². The van der Waals surface area contributed by atoms with Crippen LogP contribution in [0.3, 0.4) is 0 Å². The molecule has 3 rings (SSSR count). The topological polar surface area (TPSA) is 139 Å². The Hall–Kier alpha value is -1.03. The maximum absolute atomic E-state index is 9.42. The predicted molar refractivity (Wildman–Crippen MR) is 74.4 cm³/mol. The van der Waals surface area contributed by atoms with E-state index in [0.717, 1.165) is 17.0 Å². The second-order valence-electron chi connectivity index (χ2n) is 5.37. The number of hydrogen-bond acceptors (Lipinski definition) is 14. The summed E-state index contributed by atoms with van der Waals surface area (Å²) in [6.07, 6.45) is -0.168.